The summed E-state index contributed by atoms with van der Waals surface area (Å²) in [5, 5.41) is 0.523. The zero-order chi connectivity index (χ0) is 19.3. The first-order valence-corrected chi connectivity index (χ1v) is 10.5. The van der Waals surface area contributed by atoms with Crippen molar-refractivity contribution in [2.75, 3.05) is 23.7 Å². The van der Waals surface area contributed by atoms with E-state index in [1.807, 2.05) is 13.0 Å². The van der Waals surface area contributed by atoms with E-state index < -0.39 is 10.0 Å². The van der Waals surface area contributed by atoms with Crippen LogP contribution < -0.4 is 9.04 Å². The van der Waals surface area contributed by atoms with Gasteiger partial charge in [-0.05, 0) is 31.2 Å². The van der Waals surface area contributed by atoms with Crippen molar-refractivity contribution in [2.45, 2.75) is 13.3 Å². The minimum absolute atomic E-state index is 0.0420. The van der Waals surface area contributed by atoms with E-state index in [1.165, 1.54) is 12.1 Å². The number of benzene rings is 2. The lowest BCUT2D eigenvalue weighted by Gasteiger charge is -2.23. The molecule has 0 spiro atoms. The van der Waals surface area contributed by atoms with Gasteiger partial charge >= 0.3 is 0 Å². The van der Waals surface area contributed by atoms with Crippen LogP contribution >= 0.6 is 23.2 Å². The third-order valence-electron chi connectivity index (χ3n) is 3.56. The molecule has 2 aromatic carbocycles. The van der Waals surface area contributed by atoms with Crippen LogP contribution in [-0.2, 0) is 21.2 Å². The smallest absolute Gasteiger partial charge is 0.232 e. The van der Waals surface area contributed by atoms with E-state index in [0.29, 0.717) is 22.9 Å². The Kier molecular flexibility index (Phi) is 6.92. The number of hydrogen-bond donors (Lipinski definition) is 0. The van der Waals surface area contributed by atoms with E-state index in [1.54, 1.807) is 24.3 Å². The molecule has 0 amide bonds. The van der Waals surface area contributed by atoms with Crippen LogP contribution in [0.25, 0.3) is 0 Å². The van der Waals surface area contributed by atoms with Crippen molar-refractivity contribution >= 4 is 44.7 Å². The molecule has 0 heterocycles. The molecule has 5 nitrogen and oxygen atoms in total. The molecule has 0 saturated heterocycles. The largest absolute Gasteiger partial charge is 0.494 e. The van der Waals surface area contributed by atoms with Crippen LogP contribution in [0, 0.1) is 0 Å². The van der Waals surface area contributed by atoms with Gasteiger partial charge in [0.05, 0.1) is 30.1 Å². The summed E-state index contributed by atoms with van der Waals surface area (Å²) in [6.45, 7) is 1.98. The fourth-order valence-corrected chi connectivity index (χ4v) is 3.76. The predicted octanol–water partition coefficient (Wildman–Crippen LogP) is 3.97. The maximum atomic E-state index is 12.6. The molecule has 0 bridgehead atoms. The Balaban J connectivity index is 2.27. The number of para-hydroxylation sites is 1. The minimum Gasteiger partial charge on any atom is -0.494 e. The van der Waals surface area contributed by atoms with Crippen molar-refractivity contribution < 1.29 is 17.9 Å². The summed E-state index contributed by atoms with van der Waals surface area (Å²) in [5.74, 6) is 0.314. The molecule has 0 N–H and O–H groups in total. The topological polar surface area (TPSA) is 63.7 Å². The van der Waals surface area contributed by atoms with Crippen molar-refractivity contribution in [3.63, 3.8) is 0 Å². The number of carbonyl (C=O) groups excluding carboxylic acids is 1. The number of halogens is 2. The molecule has 0 fully saturated rings. The van der Waals surface area contributed by atoms with E-state index >= 15 is 0 Å². The maximum Gasteiger partial charge on any atom is 0.232 e. The van der Waals surface area contributed by atoms with Gasteiger partial charge in [0.2, 0.25) is 10.0 Å². The zero-order valence-corrected chi connectivity index (χ0v) is 16.7. The number of ketones is 1. The van der Waals surface area contributed by atoms with Crippen molar-refractivity contribution in [3.8, 4) is 5.75 Å². The number of rotatable bonds is 8. The van der Waals surface area contributed by atoms with Gasteiger partial charge in [-0.2, -0.15) is 0 Å². The van der Waals surface area contributed by atoms with Gasteiger partial charge in [-0.15, -0.1) is 0 Å². The summed E-state index contributed by atoms with van der Waals surface area (Å²) >= 11 is 12.1. The maximum absolute atomic E-state index is 12.6. The summed E-state index contributed by atoms with van der Waals surface area (Å²) in [6.07, 6.45) is 1.06. The molecule has 0 aliphatic heterocycles. The molecule has 140 valence electrons. The Hall–Kier alpha value is -1.76. The Morgan fingerprint density at radius 3 is 2.50 bits per heavy atom. The number of nitrogens with zero attached hydrogens (tertiary/aromatic N) is 1. The molecule has 2 aromatic rings. The molecule has 8 heteroatoms. The van der Waals surface area contributed by atoms with E-state index in [-0.39, 0.29) is 29.5 Å². The van der Waals surface area contributed by atoms with Crippen LogP contribution in [0.2, 0.25) is 10.0 Å². The summed E-state index contributed by atoms with van der Waals surface area (Å²) in [7, 11) is -3.73. The fraction of sp³-hybridized carbons (Fsp3) is 0.278. The second-order valence-corrected chi connectivity index (χ2v) is 8.37. The molecule has 2 rings (SSSR count). The number of hydrogen-bond acceptors (Lipinski definition) is 4. The molecule has 0 aromatic heterocycles. The molecule has 0 unspecified atom stereocenters. The summed E-state index contributed by atoms with van der Waals surface area (Å²) < 4.78 is 30.9. The SMILES string of the molecule is CCOc1ccccc1CC(=O)CN(c1cc(Cl)ccc1Cl)S(C)(=O)=O. The van der Waals surface area contributed by atoms with Gasteiger partial charge in [-0.25, -0.2) is 8.42 Å². The first-order valence-electron chi connectivity index (χ1n) is 7.87. The number of Topliss-reactive ketones (excluding diaryl/α,β-unsaturated/α-hetero) is 1. The molecule has 0 aliphatic rings. The lowest BCUT2D eigenvalue weighted by Crippen LogP contribution is -2.35. The van der Waals surface area contributed by atoms with E-state index in [0.717, 1.165) is 10.6 Å². The van der Waals surface area contributed by atoms with Gasteiger partial charge in [0.1, 0.15) is 5.75 Å². The van der Waals surface area contributed by atoms with Crippen LogP contribution in [0.4, 0.5) is 5.69 Å². The highest BCUT2D eigenvalue weighted by Crippen LogP contribution is 2.30. The first-order chi connectivity index (χ1) is 12.2. The van der Waals surface area contributed by atoms with Crippen LogP contribution in [-0.4, -0.2) is 33.6 Å². The van der Waals surface area contributed by atoms with Crippen molar-refractivity contribution in [2.24, 2.45) is 0 Å². The van der Waals surface area contributed by atoms with Crippen LogP contribution in [0.3, 0.4) is 0 Å². The number of anilines is 1. The van der Waals surface area contributed by atoms with Crippen LogP contribution in [0.1, 0.15) is 12.5 Å². The van der Waals surface area contributed by atoms with E-state index in [4.69, 9.17) is 27.9 Å². The normalized spacial score (nSPS) is 11.2. The second-order valence-electron chi connectivity index (χ2n) is 5.62. The molecule has 0 atom stereocenters. The number of carbonyl (C=O) groups is 1. The van der Waals surface area contributed by atoms with Crippen molar-refractivity contribution in [3.05, 3.63) is 58.1 Å². The van der Waals surface area contributed by atoms with Crippen molar-refractivity contribution in [1.82, 2.24) is 0 Å². The van der Waals surface area contributed by atoms with Crippen LogP contribution in [0.15, 0.2) is 42.5 Å². The standard InChI is InChI=1S/C18H19Cl2NO4S/c1-3-25-18-7-5-4-6-13(18)10-15(22)12-21(26(2,23)24)17-11-14(19)8-9-16(17)20/h4-9,11H,3,10,12H2,1-2H3. The molecular weight excluding hydrogens is 397 g/mol. The van der Waals surface area contributed by atoms with Gasteiger partial charge in [-0.1, -0.05) is 41.4 Å². The first kappa shape index (κ1) is 20.6. The quantitative estimate of drug-likeness (QED) is 0.653. The zero-order valence-electron chi connectivity index (χ0n) is 14.4. The van der Waals surface area contributed by atoms with Crippen LogP contribution in [0.5, 0.6) is 5.75 Å². The van der Waals surface area contributed by atoms with E-state index in [9.17, 15) is 13.2 Å². The van der Waals surface area contributed by atoms with Gasteiger partial charge < -0.3 is 4.74 Å². The fourth-order valence-electron chi connectivity index (χ4n) is 2.43. The van der Waals surface area contributed by atoms with Gasteiger partial charge in [0.25, 0.3) is 0 Å². The third-order valence-corrected chi connectivity index (χ3v) is 5.24. The Morgan fingerprint density at radius 2 is 1.85 bits per heavy atom. The van der Waals surface area contributed by atoms with Gasteiger partial charge in [0.15, 0.2) is 5.78 Å². The Morgan fingerprint density at radius 1 is 1.15 bits per heavy atom. The average Bonchev–Trinajstić information content (AvgIpc) is 2.56. The highest BCUT2D eigenvalue weighted by Gasteiger charge is 2.24. The molecule has 0 saturated carbocycles. The third kappa shape index (κ3) is 5.37. The lowest BCUT2D eigenvalue weighted by molar-refractivity contribution is -0.117. The summed E-state index contributed by atoms with van der Waals surface area (Å²) in [5.41, 5.74) is 0.873. The van der Waals surface area contributed by atoms with E-state index in [2.05, 4.69) is 0 Å². The number of ether oxygens (including phenoxy) is 1. The average molecular weight is 416 g/mol. The molecule has 0 radical (unpaired) electrons. The molecular formula is C18H19Cl2NO4S. The Labute approximate surface area is 163 Å². The van der Waals surface area contributed by atoms with Gasteiger partial charge in [-0.3, -0.25) is 9.10 Å². The molecule has 0 aliphatic carbocycles. The van der Waals surface area contributed by atoms with Crippen molar-refractivity contribution in [1.29, 1.82) is 0 Å². The lowest BCUT2D eigenvalue weighted by atomic mass is 10.1. The molecule has 26 heavy (non-hydrogen) atoms. The van der Waals surface area contributed by atoms with Gasteiger partial charge in [0, 0.05) is 17.0 Å². The monoisotopic (exact) mass is 415 g/mol. The summed E-state index contributed by atoms with van der Waals surface area (Å²) in [4.78, 5) is 12.6. The minimum atomic E-state index is -3.73. The number of sulfonamides is 1. The summed E-state index contributed by atoms with van der Waals surface area (Å²) in [6, 6.07) is 11.6. The predicted molar refractivity (Wildman–Crippen MR) is 105 cm³/mol. The highest BCUT2D eigenvalue weighted by molar-refractivity contribution is 7.92. The Bertz CT molecular complexity index is 900. The highest BCUT2D eigenvalue weighted by atomic mass is 35.5. The second kappa shape index (κ2) is 8.75.